The fraction of sp³-hybridized carbons (Fsp3) is 0.273. The Morgan fingerprint density at radius 1 is 1.40 bits per heavy atom. The second kappa shape index (κ2) is 6.58. The molecule has 1 N–H and O–H groups in total. The van der Waals surface area contributed by atoms with Crippen molar-refractivity contribution >= 4 is 11.8 Å². The molecule has 0 atom stereocenters. The van der Waals surface area contributed by atoms with Crippen molar-refractivity contribution in [3.8, 4) is 0 Å². The average molecular weight is 229 g/mol. The first-order valence-electron chi connectivity index (χ1n) is 4.63. The third-order valence-corrected chi connectivity index (χ3v) is 2.75. The molecule has 82 valence electrons. The molecule has 15 heavy (non-hydrogen) atoms. The monoisotopic (exact) mass is 229 g/mol. The van der Waals surface area contributed by atoms with Gasteiger partial charge in [0.1, 0.15) is 11.6 Å². The minimum absolute atomic E-state index is 0.357. The molecule has 0 aliphatic rings. The highest BCUT2D eigenvalue weighted by Gasteiger charge is 2.03. The average Bonchev–Trinajstić information content (AvgIpc) is 2.23. The normalized spacial score (nSPS) is 10.3. The van der Waals surface area contributed by atoms with Gasteiger partial charge < -0.3 is 5.32 Å². The molecule has 0 aliphatic heterocycles. The van der Waals surface area contributed by atoms with Gasteiger partial charge in [-0.2, -0.15) is 0 Å². The standard InChI is InChI=1S/C11H13F2NS/c1-2-5-14-6-7-15-11-8-9(12)3-4-10(11)13/h2-4,8,14H,1,5-7H2. The summed E-state index contributed by atoms with van der Waals surface area (Å²) in [6, 6.07) is 3.48. The molecule has 0 amide bonds. The number of halogens is 2. The largest absolute Gasteiger partial charge is 0.312 e. The van der Waals surface area contributed by atoms with Crippen LogP contribution in [-0.2, 0) is 0 Å². The first-order chi connectivity index (χ1) is 7.24. The van der Waals surface area contributed by atoms with E-state index in [-0.39, 0.29) is 5.82 Å². The topological polar surface area (TPSA) is 12.0 Å². The van der Waals surface area contributed by atoms with E-state index in [2.05, 4.69) is 11.9 Å². The minimum atomic E-state index is -0.405. The van der Waals surface area contributed by atoms with E-state index in [1.54, 1.807) is 6.08 Å². The summed E-state index contributed by atoms with van der Waals surface area (Å²) in [4.78, 5) is 0.357. The van der Waals surface area contributed by atoms with Crippen LogP contribution in [0, 0.1) is 11.6 Å². The number of rotatable bonds is 6. The smallest absolute Gasteiger partial charge is 0.136 e. The summed E-state index contributed by atoms with van der Waals surface area (Å²) in [5.41, 5.74) is 0. The highest BCUT2D eigenvalue weighted by Crippen LogP contribution is 2.21. The fourth-order valence-corrected chi connectivity index (χ4v) is 1.89. The van der Waals surface area contributed by atoms with Crippen LogP contribution in [0.25, 0.3) is 0 Å². The molecule has 0 aliphatic carbocycles. The van der Waals surface area contributed by atoms with Gasteiger partial charge in [0.05, 0.1) is 0 Å². The van der Waals surface area contributed by atoms with Crippen LogP contribution in [0.3, 0.4) is 0 Å². The van der Waals surface area contributed by atoms with Gasteiger partial charge >= 0.3 is 0 Å². The van der Waals surface area contributed by atoms with Gasteiger partial charge in [-0.05, 0) is 18.2 Å². The van der Waals surface area contributed by atoms with Crippen molar-refractivity contribution in [1.29, 1.82) is 0 Å². The zero-order chi connectivity index (χ0) is 11.1. The fourth-order valence-electron chi connectivity index (χ4n) is 1.03. The maximum Gasteiger partial charge on any atom is 0.136 e. The molecule has 0 spiro atoms. The molecular weight excluding hydrogens is 216 g/mol. The van der Waals surface area contributed by atoms with E-state index in [4.69, 9.17) is 0 Å². The van der Waals surface area contributed by atoms with Crippen LogP contribution in [0.5, 0.6) is 0 Å². The Balaban J connectivity index is 2.36. The van der Waals surface area contributed by atoms with Crippen LogP contribution in [-0.4, -0.2) is 18.8 Å². The SMILES string of the molecule is C=CCNCCSc1cc(F)ccc1F. The van der Waals surface area contributed by atoms with Gasteiger partial charge in [-0.1, -0.05) is 6.08 Å². The minimum Gasteiger partial charge on any atom is -0.312 e. The van der Waals surface area contributed by atoms with Crippen LogP contribution >= 0.6 is 11.8 Å². The summed E-state index contributed by atoms with van der Waals surface area (Å²) in [6.07, 6.45) is 1.76. The van der Waals surface area contributed by atoms with Crippen LogP contribution in [0.2, 0.25) is 0 Å². The molecule has 0 aromatic heterocycles. The Morgan fingerprint density at radius 3 is 2.93 bits per heavy atom. The lowest BCUT2D eigenvalue weighted by Crippen LogP contribution is -2.16. The zero-order valence-corrected chi connectivity index (χ0v) is 9.12. The van der Waals surface area contributed by atoms with Crippen molar-refractivity contribution in [2.75, 3.05) is 18.8 Å². The van der Waals surface area contributed by atoms with Gasteiger partial charge in [-0.15, -0.1) is 18.3 Å². The van der Waals surface area contributed by atoms with E-state index in [9.17, 15) is 8.78 Å². The summed E-state index contributed by atoms with van der Waals surface area (Å²) >= 11 is 1.30. The summed E-state index contributed by atoms with van der Waals surface area (Å²) in [5.74, 6) is -0.0723. The molecule has 1 aromatic rings. The van der Waals surface area contributed by atoms with E-state index in [1.165, 1.54) is 17.8 Å². The first kappa shape index (κ1) is 12.2. The predicted molar refractivity (Wildman–Crippen MR) is 60.1 cm³/mol. The number of benzene rings is 1. The van der Waals surface area contributed by atoms with Gasteiger partial charge in [-0.25, -0.2) is 8.78 Å². The summed E-state index contributed by atoms with van der Waals surface area (Å²) < 4.78 is 25.9. The van der Waals surface area contributed by atoms with Gasteiger partial charge in [0, 0.05) is 23.7 Å². The van der Waals surface area contributed by atoms with E-state index in [1.807, 2.05) is 0 Å². The third-order valence-electron chi connectivity index (χ3n) is 1.72. The Kier molecular flexibility index (Phi) is 5.36. The Labute approximate surface area is 92.6 Å². The van der Waals surface area contributed by atoms with E-state index in [0.717, 1.165) is 25.2 Å². The lowest BCUT2D eigenvalue weighted by atomic mass is 10.3. The number of hydrogen-bond acceptors (Lipinski definition) is 2. The number of nitrogens with one attached hydrogen (secondary N) is 1. The van der Waals surface area contributed by atoms with Gasteiger partial charge in [0.15, 0.2) is 0 Å². The van der Waals surface area contributed by atoms with Crippen LogP contribution in [0.15, 0.2) is 35.7 Å². The summed E-state index contributed by atoms with van der Waals surface area (Å²) in [5, 5.41) is 3.08. The van der Waals surface area contributed by atoms with Gasteiger partial charge in [-0.3, -0.25) is 0 Å². The molecule has 0 heterocycles. The second-order valence-electron chi connectivity index (χ2n) is 2.92. The molecule has 1 aromatic carbocycles. The van der Waals surface area contributed by atoms with Gasteiger partial charge in [0.25, 0.3) is 0 Å². The molecule has 0 radical (unpaired) electrons. The molecule has 1 rings (SSSR count). The van der Waals surface area contributed by atoms with Crippen LogP contribution in [0.4, 0.5) is 8.78 Å². The maximum atomic E-state index is 13.1. The number of thioether (sulfide) groups is 1. The summed E-state index contributed by atoms with van der Waals surface area (Å²) in [6.45, 7) is 5.03. The van der Waals surface area contributed by atoms with Crippen molar-refractivity contribution in [1.82, 2.24) is 5.32 Å². The molecular formula is C11H13F2NS. The van der Waals surface area contributed by atoms with Crippen molar-refractivity contribution in [3.05, 3.63) is 42.5 Å². The van der Waals surface area contributed by atoms with Crippen molar-refractivity contribution in [2.24, 2.45) is 0 Å². The maximum absolute atomic E-state index is 13.1. The highest BCUT2D eigenvalue weighted by molar-refractivity contribution is 7.99. The molecule has 0 fully saturated rings. The molecule has 0 saturated heterocycles. The lowest BCUT2D eigenvalue weighted by molar-refractivity contribution is 0.577. The summed E-state index contributed by atoms with van der Waals surface area (Å²) in [7, 11) is 0. The van der Waals surface area contributed by atoms with Crippen LogP contribution < -0.4 is 5.32 Å². The van der Waals surface area contributed by atoms with Crippen molar-refractivity contribution in [2.45, 2.75) is 4.90 Å². The quantitative estimate of drug-likeness (QED) is 0.457. The third kappa shape index (κ3) is 4.44. The van der Waals surface area contributed by atoms with Gasteiger partial charge in [0.2, 0.25) is 0 Å². The zero-order valence-electron chi connectivity index (χ0n) is 8.30. The Morgan fingerprint density at radius 2 is 2.20 bits per heavy atom. The molecule has 4 heteroatoms. The molecule has 0 saturated carbocycles. The molecule has 0 bridgehead atoms. The van der Waals surface area contributed by atoms with Crippen molar-refractivity contribution < 1.29 is 8.78 Å². The van der Waals surface area contributed by atoms with Crippen LogP contribution in [0.1, 0.15) is 0 Å². The number of hydrogen-bond donors (Lipinski definition) is 1. The first-order valence-corrected chi connectivity index (χ1v) is 5.62. The predicted octanol–water partition coefficient (Wildman–Crippen LogP) is 2.83. The molecule has 1 nitrogen and oxygen atoms in total. The highest BCUT2D eigenvalue weighted by atomic mass is 32.2. The second-order valence-corrected chi connectivity index (χ2v) is 4.05. The Hall–Kier alpha value is -0.870. The van der Waals surface area contributed by atoms with E-state index >= 15 is 0 Å². The van der Waals surface area contributed by atoms with E-state index in [0.29, 0.717) is 10.6 Å². The Bertz CT molecular complexity index is 328. The van der Waals surface area contributed by atoms with Crippen molar-refractivity contribution in [3.63, 3.8) is 0 Å². The van der Waals surface area contributed by atoms with E-state index < -0.39 is 5.82 Å². The molecule has 0 unspecified atom stereocenters. The lowest BCUT2D eigenvalue weighted by Gasteiger charge is -2.03.